The summed E-state index contributed by atoms with van der Waals surface area (Å²) in [5, 5.41) is 0.915. The molecule has 96 valence electrons. The highest BCUT2D eigenvalue weighted by atomic mass is 32.1. The molecule has 18 heavy (non-hydrogen) atoms. The summed E-state index contributed by atoms with van der Waals surface area (Å²) in [5.74, 6) is 1.07. The molecule has 0 saturated carbocycles. The highest BCUT2D eigenvalue weighted by molar-refractivity contribution is 7.11. The Bertz CT molecular complexity index is 541. The number of nitrogen functional groups attached to an aromatic ring is 1. The van der Waals surface area contributed by atoms with Crippen molar-refractivity contribution < 1.29 is 4.74 Å². The van der Waals surface area contributed by atoms with Crippen molar-refractivity contribution in [3.63, 3.8) is 0 Å². The van der Waals surface area contributed by atoms with Crippen molar-refractivity contribution in [3.05, 3.63) is 29.6 Å². The third-order valence-corrected chi connectivity index (χ3v) is 3.51. The molecule has 0 radical (unpaired) electrons. The smallest absolute Gasteiger partial charge is 0.197 e. The molecule has 2 aromatic rings. The number of hydrogen-bond donors (Lipinski definition) is 1. The number of nitrogens with zero attached hydrogens (tertiary/aromatic N) is 3. The lowest BCUT2D eigenvalue weighted by molar-refractivity contribution is 0.418. The molecule has 0 bridgehead atoms. The lowest BCUT2D eigenvalue weighted by Crippen LogP contribution is -2.17. The summed E-state index contributed by atoms with van der Waals surface area (Å²) < 4.78 is 9.36. The molecule has 0 saturated heterocycles. The normalized spacial score (nSPS) is 10.4. The fourth-order valence-electron chi connectivity index (χ4n) is 1.72. The van der Waals surface area contributed by atoms with Crippen LogP contribution in [-0.4, -0.2) is 23.5 Å². The maximum atomic E-state index is 5.74. The predicted molar refractivity (Wildman–Crippen MR) is 74.2 cm³/mol. The van der Waals surface area contributed by atoms with Crippen LogP contribution in [-0.2, 0) is 6.54 Å². The molecule has 0 unspecified atom stereocenters. The van der Waals surface area contributed by atoms with E-state index in [0.717, 1.165) is 16.4 Å². The van der Waals surface area contributed by atoms with Crippen LogP contribution in [0.15, 0.2) is 18.2 Å². The molecule has 2 N–H and O–H groups in total. The summed E-state index contributed by atoms with van der Waals surface area (Å²) in [4.78, 5) is 6.51. The van der Waals surface area contributed by atoms with Gasteiger partial charge < -0.3 is 15.4 Å². The summed E-state index contributed by atoms with van der Waals surface area (Å²) in [5.41, 5.74) is 7.76. The fourth-order valence-corrected chi connectivity index (χ4v) is 2.46. The van der Waals surface area contributed by atoms with E-state index in [1.54, 1.807) is 7.11 Å². The van der Waals surface area contributed by atoms with Crippen LogP contribution in [0.5, 0.6) is 5.75 Å². The van der Waals surface area contributed by atoms with E-state index in [2.05, 4.69) is 9.36 Å². The molecular weight excluding hydrogens is 248 g/mol. The van der Waals surface area contributed by atoms with Gasteiger partial charge in [-0.3, -0.25) is 4.98 Å². The van der Waals surface area contributed by atoms with Gasteiger partial charge in [-0.05, 0) is 30.6 Å². The number of anilines is 2. The zero-order valence-electron chi connectivity index (χ0n) is 10.7. The number of aromatic nitrogens is 2. The van der Waals surface area contributed by atoms with Gasteiger partial charge >= 0.3 is 0 Å². The molecule has 0 aliphatic rings. The Morgan fingerprint density at radius 3 is 2.89 bits per heavy atom. The zero-order valence-corrected chi connectivity index (χ0v) is 11.5. The Balaban J connectivity index is 2.19. The first-order valence-electron chi connectivity index (χ1n) is 5.54. The quantitative estimate of drug-likeness (QED) is 0.916. The van der Waals surface area contributed by atoms with Crippen molar-refractivity contribution in [1.29, 1.82) is 0 Å². The first-order chi connectivity index (χ1) is 8.61. The van der Waals surface area contributed by atoms with Gasteiger partial charge in [-0.15, -0.1) is 0 Å². The second kappa shape index (κ2) is 5.22. The molecule has 5 nitrogen and oxygen atoms in total. The lowest BCUT2D eigenvalue weighted by Gasteiger charge is -2.17. The van der Waals surface area contributed by atoms with Gasteiger partial charge in [0.15, 0.2) is 16.6 Å². The minimum absolute atomic E-state index is 0.432. The van der Waals surface area contributed by atoms with Gasteiger partial charge in [0, 0.05) is 12.7 Å². The molecule has 2 aromatic heterocycles. The Morgan fingerprint density at radius 2 is 2.22 bits per heavy atom. The molecular formula is C12H16N4OS. The molecule has 0 aliphatic heterocycles. The van der Waals surface area contributed by atoms with Crippen LogP contribution in [0.4, 0.5) is 10.8 Å². The topological polar surface area (TPSA) is 64.3 Å². The number of hydrogen-bond acceptors (Lipinski definition) is 6. The van der Waals surface area contributed by atoms with Crippen molar-refractivity contribution in [2.45, 2.75) is 13.5 Å². The van der Waals surface area contributed by atoms with Gasteiger partial charge in [0.05, 0.1) is 19.3 Å². The standard InChI is InChI=1S/C12H16N4OS/c1-8-5-4-6-9(14-8)7-16(2)12-10(17-3)11(13)15-18-12/h4-6H,7H2,1-3H3,(H2,13,15). The third-order valence-electron chi connectivity index (χ3n) is 2.55. The number of methoxy groups -OCH3 is 1. The van der Waals surface area contributed by atoms with E-state index in [1.165, 1.54) is 11.5 Å². The number of ether oxygens (including phenoxy) is 1. The molecule has 2 heterocycles. The fraction of sp³-hybridized carbons (Fsp3) is 0.333. The zero-order chi connectivity index (χ0) is 13.1. The molecule has 6 heteroatoms. The summed E-state index contributed by atoms with van der Waals surface area (Å²) in [7, 11) is 3.57. The van der Waals surface area contributed by atoms with Crippen LogP contribution in [0.25, 0.3) is 0 Å². The molecule has 0 aromatic carbocycles. The van der Waals surface area contributed by atoms with Gasteiger partial charge in [-0.25, -0.2) is 0 Å². The van der Waals surface area contributed by atoms with Crippen molar-refractivity contribution in [2.24, 2.45) is 0 Å². The third kappa shape index (κ3) is 2.53. The molecule has 0 spiro atoms. The van der Waals surface area contributed by atoms with Gasteiger partial charge in [-0.1, -0.05) is 6.07 Å². The van der Waals surface area contributed by atoms with Crippen molar-refractivity contribution >= 4 is 22.4 Å². The number of aryl methyl sites for hydroxylation is 1. The highest BCUT2D eigenvalue weighted by Gasteiger charge is 2.16. The lowest BCUT2D eigenvalue weighted by atomic mass is 10.3. The molecule has 2 rings (SSSR count). The molecule has 0 amide bonds. The number of nitrogens with two attached hydrogens (primary N) is 1. The van der Waals surface area contributed by atoms with Crippen LogP contribution < -0.4 is 15.4 Å². The maximum absolute atomic E-state index is 5.74. The second-order valence-corrected chi connectivity index (χ2v) is 4.78. The van der Waals surface area contributed by atoms with Crippen molar-refractivity contribution in [3.8, 4) is 5.75 Å². The Morgan fingerprint density at radius 1 is 1.44 bits per heavy atom. The van der Waals surface area contributed by atoms with Gasteiger partial charge in [0.1, 0.15) is 0 Å². The first-order valence-corrected chi connectivity index (χ1v) is 6.32. The monoisotopic (exact) mass is 264 g/mol. The maximum Gasteiger partial charge on any atom is 0.197 e. The van der Waals surface area contributed by atoms with Gasteiger partial charge in [0.2, 0.25) is 0 Å². The summed E-state index contributed by atoms with van der Waals surface area (Å²) >= 11 is 1.33. The van der Waals surface area contributed by atoms with E-state index < -0.39 is 0 Å². The van der Waals surface area contributed by atoms with E-state index in [0.29, 0.717) is 18.1 Å². The minimum atomic E-state index is 0.432. The summed E-state index contributed by atoms with van der Waals surface area (Å²) in [6.07, 6.45) is 0. The average molecular weight is 264 g/mol. The highest BCUT2D eigenvalue weighted by Crippen LogP contribution is 2.37. The Kier molecular flexibility index (Phi) is 3.66. The number of pyridine rings is 1. The first kappa shape index (κ1) is 12.6. The average Bonchev–Trinajstić information content (AvgIpc) is 2.70. The van der Waals surface area contributed by atoms with E-state index in [4.69, 9.17) is 10.5 Å². The van der Waals surface area contributed by atoms with Crippen LogP contribution in [0, 0.1) is 6.92 Å². The van der Waals surface area contributed by atoms with E-state index in [9.17, 15) is 0 Å². The Hall–Kier alpha value is -1.82. The molecule has 0 atom stereocenters. The van der Waals surface area contributed by atoms with E-state index >= 15 is 0 Å². The molecule has 0 aliphatic carbocycles. The van der Waals surface area contributed by atoms with E-state index in [-0.39, 0.29) is 0 Å². The summed E-state index contributed by atoms with van der Waals surface area (Å²) in [6, 6.07) is 5.99. The predicted octanol–water partition coefficient (Wildman–Crippen LogP) is 2.07. The van der Waals surface area contributed by atoms with Gasteiger partial charge in [0.25, 0.3) is 0 Å². The van der Waals surface area contributed by atoms with Crippen LogP contribution in [0.1, 0.15) is 11.4 Å². The van der Waals surface area contributed by atoms with Crippen molar-refractivity contribution in [1.82, 2.24) is 9.36 Å². The van der Waals surface area contributed by atoms with Crippen LogP contribution in [0.2, 0.25) is 0 Å². The van der Waals surface area contributed by atoms with Crippen LogP contribution >= 0.6 is 11.5 Å². The molecule has 0 fully saturated rings. The SMILES string of the molecule is COc1c(N)nsc1N(C)Cc1cccc(C)n1. The van der Waals surface area contributed by atoms with E-state index in [1.807, 2.05) is 37.1 Å². The second-order valence-electron chi connectivity index (χ2n) is 4.03. The summed E-state index contributed by atoms with van der Waals surface area (Å²) in [6.45, 7) is 2.68. The largest absolute Gasteiger partial charge is 0.490 e. The van der Waals surface area contributed by atoms with Crippen molar-refractivity contribution in [2.75, 3.05) is 24.8 Å². The minimum Gasteiger partial charge on any atom is -0.490 e. The van der Waals surface area contributed by atoms with Gasteiger partial charge in [-0.2, -0.15) is 4.37 Å². The number of rotatable bonds is 4. The van der Waals surface area contributed by atoms with Crippen LogP contribution in [0.3, 0.4) is 0 Å². The Labute approximate surface area is 110 Å².